The monoisotopic (exact) mass is 374 g/mol. The molecule has 0 atom stereocenters. The Morgan fingerprint density at radius 2 is 1.78 bits per heavy atom. The minimum Gasteiger partial charge on any atom is -0.493 e. The van der Waals surface area contributed by atoms with Crippen molar-refractivity contribution in [3.8, 4) is 11.5 Å². The van der Waals surface area contributed by atoms with Gasteiger partial charge < -0.3 is 25.4 Å². The van der Waals surface area contributed by atoms with E-state index in [1.54, 1.807) is 39.3 Å². The van der Waals surface area contributed by atoms with E-state index < -0.39 is 0 Å². The molecule has 2 rings (SSSR count). The van der Waals surface area contributed by atoms with Crippen LogP contribution in [0.15, 0.2) is 41.4 Å². The zero-order valence-corrected chi connectivity index (χ0v) is 16.3. The molecule has 6 nitrogen and oxygen atoms in total. The molecule has 0 aromatic heterocycles. The third-order valence-electron chi connectivity index (χ3n) is 4.09. The lowest BCUT2D eigenvalue weighted by molar-refractivity contribution is 0.354. The number of aliphatic imine (C=N–C) groups is 1. The minimum atomic E-state index is -0.271. The molecule has 2 aromatic rings. The predicted octanol–water partition coefficient (Wildman–Crippen LogP) is 2.56. The second kappa shape index (κ2) is 9.66. The van der Waals surface area contributed by atoms with E-state index in [1.807, 2.05) is 24.3 Å². The Bertz CT molecular complexity index is 794. The van der Waals surface area contributed by atoms with Gasteiger partial charge in [0.2, 0.25) is 0 Å². The van der Waals surface area contributed by atoms with Crippen LogP contribution in [0.2, 0.25) is 0 Å². The smallest absolute Gasteiger partial charge is 0.188 e. The van der Waals surface area contributed by atoms with E-state index >= 15 is 0 Å². The van der Waals surface area contributed by atoms with E-state index in [-0.39, 0.29) is 5.82 Å². The molecule has 27 heavy (non-hydrogen) atoms. The largest absolute Gasteiger partial charge is 0.493 e. The van der Waals surface area contributed by atoms with Crippen molar-refractivity contribution < 1.29 is 13.9 Å². The van der Waals surface area contributed by atoms with Gasteiger partial charge in [-0.25, -0.2) is 9.38 Å². The number of nitrogens with zero attached hydrogens (tertiary/aromatic N) is 2. The highest BCUT2D eigenvalue weighted by Gasteiger charge is 2.06. The van der Waals surface area contributed by atoms with Crippen molar-refractivity contribution in [1.29, 1.82) is 0 Å². The van der Waals surface area contributed by atoms with Crippen LogP contribution in [0.5, 0.6) is 11.5 Å². The molecule has 0 unspecified atom stereocenters. The van der Waals surface area contributed by atoms with Crippen LogP contribution in [0.1, 0.15) is 11.1 Å². The molecule has 0 saturated carbocycles. The molecule has 0 heterocycles. The average Bonchev–Trinajstić information content (AvgIpc) is 2.66. The van der Waals surface area contributed by atoms with Crippen LogP contribution in [0.25, 0.3) is 0 Å². The minimum absolute atomic E-state index is 0.271. The Morgan fingerprint density at radius 3 is 2.41 bits per heavy atom. The summed E-state index contributed by atoms with van der Waals surface area (Å²) in [6, 6.07) is 10.8. The van der Waals surface area contributed by atoms with Crippen molar-refractivity contribution in [2.45, 2.75) is 13.0 Å². The summed E-state index contributed by atoms with van der Waals surface area (Å²) in [5.41, 5.74) is 8.30. The summed E-state index contributed by atoms with van der Waals surface area (Å²) in [7, 11) is 6.82. The molecule has 0 amide bonds. The van der Waals surface area contributed by atoms with E-state index in [1.165, 1.54) is 6.07 Å². The number of hydrogen-bond donors (Lipinski definition) is 2. The standard InChI is InChI=1S/C20H27FN4O2/c1-25(2)17-7-5-15(11-16(17)21)13-24-20(22)23-10-9-14-6-8-18(26-3)19(12-14)27-4/h5-8,11-12H,9-10,13H2,1-4H3,(H3,22,23,24). The number of hydrogen-bond acceptors (Lipinski definition) is 4. The van der Waals surface area contributed by atoms with E-state index in [0.29, 0.717) is 36.2 Å². The maximum absolute atomic E-state index is 14.0. The highest BCUT2D eigenvalue weighted by Crippen LogP contribution is 2.27. The second-order valence-corrected chi connectivity index (χ2v) is 6.25. The van der Waals surface area contributed by atoms with Gasteiger partial charge in [-0.1, -0.05) is 12.1 Å². The van der Waals surface area contributed by atoms with Gasteiger partial charge in [0, 0.05) is 20.6 Å². The Balaban J connectivity index is 1.87. The van der Waals surface area contributed by atoms with Crippen molar-refractivity contribution in [3.63, 3.8) is 0 Å². The zero-order chi connectivity index (χ0) is 19.8. The van der Waals surface area contributed by atoms with Gasteiger partial charge in [-0.3, -0.25) is 0 Å². The van der Waals surface area contributed by atoms with Gasteiger partial charge in [-0.15, -0.1) is 0 Å². The van der Waals surface area contributed by atoms with Gasteiger partial charge in [0.05, 0.1) is 26.5 Å². The molecular formula is C20H27FN4O2. The molecule has 0 radical (unpaired) electrons. The fourth-order valence-corrected chi connectivity index (χ4v) is 2.61. The van der Waals surface area contributed by atoms with Crippen molar-refractivity contribution >= 4 is 11.6 Å². The summed E-state index contributed by atoms with van der Waals surface area (Å²) in [5, 5.41) is 3.07. The molecule has 7 heteroatoms. The van der Waals surface area contributed by atoms with E-state index in [2.05, 4.69) is 10.3 Å². The molecule has 0 aliphatic carbocycles. The van der Waals surface area contributed by atoms with Crippen molar-refractivity contribution in [1.82, 2.24) is 5.32 Å². The SMILES string of the molecule is COc1ccc(CCNC(N)=NCc2ccc(N(C)C)c(F)c2)cc1OC. The van der Waals surface area contributed by atoms with Crippen LogP contribution in [0.3, 0.4) is 0 Å². The van der Waals surface area contributed by atoms with Crippen molar-refractivity contribution in [3.05, 3.63) is 53.3 Å². The summed E-state index contributed by atoms with van der Waals surface area (Å²) >= 11 is 0. The van der Waals surface area contributed by atoms with Crippen molar-refractivity contribution in [2.24, 2.45) is 10.7 Å². The number of rotatable bonds is 8. The third kappa shape index (κ3) is 5.77. The highest BCUT2D eigenvalue weighted by atomic mass is 19.1. The molecule has 3 N–H and O–H groups in total. The lowest BCUT2D eigenvalue weighted by atomic mass is 10.1. The molecule has 146 valence electrons. The van der Waals surface area contributed by atoms with E-state index in [9.17, 15) is 4.39 Å². The first kappa shape index (κ1) is 20.4. The molecule has 2 aromatic carbocycles. The maximum atomic E-state index is 14.0. The summed E-state index contributed by atoms with van der Waals surface area (Å²) in [4.78, 5) is 5.99. The van der Waals surface area contributed by atoms with Crippen LogP contribution in [0, 0.1) is 5.82 Å². The molecular weight excluding hydrogens is 347 g/mol. The van der Waals surface area contributed by atoms with Gasteiger partial charge in [-0.2, -0.15) is 0 Å². The van der Waals surface area contributed by atoms with Crippen molar-refractivity contribution in [2.75, 3.05) is 39.8 Å². The van der Waals surface area contributed by atoms with Gasteiger partial charge in [-0.05, 0) is 41.8 Å². The quantitative estimate of drug-likeness (QED) is 0.549. The number of anilines is 1. The fourth-order valence-electron chi connectivity index (χ4n) is 2.61. The summed E-state index contributed by atoms with van der Waals surface area (Å²) in [5.74, 6) is 1.45. The molecule has 0 bridgehead atoms. The Morgan fingerprint density at radius 1 is 1.07 bits per heavy atom. The van der Waals surface area contributed by atoms with Crippen LogP contribution in [-0.4, -0.2) is 40.8 Å². The summed E-state index contributed by atoms with van der Waals surface area (Å²) < 4.78 is 24.5. The number of ether oxygens (including phenoxy) is 2. The Labute approximate surface area is 159 Å². The lowest BCUT2D eigenvalue weighted by Crippen LogP contribution is -2.33. The molecule has 0 saturated heterocycles. The number of methoxy groups -OCH3 is 2. The highest BCUT2D eigenvalue weighted by molar-refractivity contribution is 5.77. The fraction of sp³-hybridized carbons (Fsp3) is 0.350. The number of nitrogens with two attached hydrogens (primary N) is 1. The predicted molar refractivity (Wildman–Crippen MR) is 107 cm³/mol. The van der Waals surface area contributed by atoms with E-state index in [4.69, 9.17) is 15.2 Å². The van der Waals surface area contributed by atoms with Crippen LogP contribution in [-0.2, 0) is 13.0 Å². The molecule has 0 aliphatic rings. The average molecular weight is 374 g/mol. The van der Waals surface area contributed by atoms with E-state index in [0.717, 1.165) is 17.5 Å². The first-order valence-corrected chi connectivity index (χ1v) is 8.65. The number of halogens is 1. The first-order valence-electron chi connectivity index (χ1n) is 8.65. The molecule has 0 fully saturated rings. The third-order valence-corrected chi connectivity index (χ3v) is 4.09. The van der Waals surface area contributed by atoms with Crippen LogP contribution >= 0.6 is 0 Å². The summed E-state index contributed by atoms with van der Waals surface area (Å²) in [6.45, 7) is 0.943. The number of nitrogens with one attached hydrogen (secondary N) is 1. The molecule has 0 aliphatic heterocycles. The van der Waals surface area contributed by atoms with Gasteiger partial charge in [0.1, 0.15) is 5.82 Å². The first-order chi connectivity index (χ1) is 12.9. The lowest BCUT2D eigenvalue weighted by Gasteiger charge is -2.13. The maximum Gasteiger partial charge on any atom is 0.188 e. The topological polar surface area (TPSA) is 72.1 Å². The normalized spacial score (nSPS) is 11.2. The Hall–Kier alpha value is -2.96. The summed E-state index contributed by atoms with van der Waals surface area (Å²) in [6.07, 6.45) is 0.753. The van der Waals surface area contributed by atoms with Gasteiger partial charge >= 0.3 is 0 Å². The second-order valence-electron chi connectivity index (χ2n) is 6.25. The Kier molecular flexibility index (Phi) is 7.28. The number of guanidine groups is 1. The van der Waals surface area contributed by atoms with Crippen LogP contribution in [0.4, 0.5) is 10.1 Å². The molecule has 0 spiro atoms. The van der Waals surface area contributed by atoms with Gasteiger partial charge in [0.25, 0.3) is 0 Å². The number of benzene rings is 2. The zero-order valence-electron chi connectivity index (χ0n) is 16.3. The van der Waals surface area contributed by atoms with Crippen LogP contribution < -0.4 is 25.4 Å². The van der Waals surface area contributed by atoms with Gasteiger partial charge in [0.15, 0.2) is 17.5 Å².